The van der Waals surface area contributed by atoms with Crippen LogP contribution in [-0.4, -0.2) is 11.8 Å². The Kier molecular flexibility index (Phi) is 9.42. The zero-order valence-corrected chi connectivity index (χ0v) is 23.7. The summed E-state index contributed by atoms with van der Waals surface area (Å²) in [5, 5.41) is 14.4. The van der Waals surface area contributed by atoms with Crippen LogP contribution in [0, 0.1) is 11.3 Å². The van der Waals surface area contributed by atoms with Gasteiger partial charge in [-0.1, -0.05) is 78.9 Å². The number of nitrogens with two attached hydrogens (primary N) is 1. The molecular weight excluding hydrogens is 536 g/mol. The van der Waals surface area contributed by atoms with Gasteiger partial charge in [0.05, 0.1) is 23.9 Å². The van der Waals surface area contributed by atoms with Crippen LogP contribution in [0.1, 0.15) is 35.1 Å². The van der Waals surface area contributed by atoms with Crippen molar-refractivity contribution in [1.82, 2.24) is 5.32 Å². The minimum Gasteiger partial charge on any atom is -0.455 e. The number of carbonyl (C=O) groups is 2. The van der Waals surface area contributed by atoms with Crippen molar-refractivity contribution in [2.45, 2.75) is 32.5 Å². The van der Waals surface area contributed by atoms with Crippen LogP contribution < -0.4 is 20.7 Å². The number of carbonyl (C=O) groups excluding carboxylic acids is 2. The Balaban J connectivity index is 1.33. The lowest BCUT2D eigenvalue weighted by Crippen LogP contribution is -2.32. The summed E-state index contributed by atoms with van der Waals surface area (Å²) in [6.45, 7) is 0.998. The molecule has 0 aliphatic carbocycles. The van der Waals surface area contributed by atoms with E-state index in [4.69, 9.17) is 10.5 Å². The molecule has 43 heavy (non-hydrogen) atoms. The average Bonchev–Trinajstić information content (AvgIpc) is 3.06. The van der Waals surface area contributed by atoms with Gasteiger partial charge in [0.25, 0.3) is 0 Å². The highest BCUT2D eigenvalue weighted by Gasteiger charge is 2.21. The number of benzene rings is 5. The highest BCUT2D eigenvalue weighted by molar-refractivity contribution is 5.96. The summed E-state index contributed by atoms with van der Waals surface area (Å²) < 4.78 is 6.23. The molecule has 0 aromatic heterocycles. The second-order valence-corrected chi connectivity index (χ2v) is 10.1. The van der Waals surface area contributed by atoms with Gasteiger partial charge in [-0.05, 0) is 63.9 Å². The first kappa shape index (κ1) is 29.1. The van der Waals surface area contributed by atoms with Crippen LogP contribution in [0.5, 0.6) is 11.5 Å². The van der Waals surface area contributed by atoms with Gasteiger partial charge in [-0.2, -0.15) is 5.26 Å². The third-order valence-corrected chi connectivity index (χ3v) is 7.16. The van der Waals surface area contributed by atoms with E-state index < -0.39 is 0 Å². The number of ether oxygens (including phenoxy) is 1. The SMILES string of the molecule is N#Cc1ccc(CN(C(=O)CCC(=O)NCc2cccc3ccccc23)c2ccccc2Oc2cccc(CN)c2)cc1. The van der Waals surface area contributed by atoms with E-state index in [-0.39, 0.29) is 31.2 Å². The predicted octanol–water partition coefficient (Wildman–Crippen LogP) is 6.59. The van der Waals surface area contributed by atoms with Crippen LogP contribution in [-0.2, 0) is 29.2 Å². The quantitative estimate of drug-likeness (QED) is 0.187. The number of hydrogen-bond acceptors (Lipinski definition) is 5. The van der Waals surface area contributed by atoms with Crippen molar-refractivity contribution in [3.8, 4) is 17.6 Å². The normalized spacial score (nSPS) is 10.6. The Labute approximate surface area is 251 Å². The van der Waals surface area contributed by atoms with Gasteiger partial charge in [0.1, 0.15) is 5.75 Å². The molecule has 0 spiro atoms. The first-order valence-corrected chi connectivity index (χ1v) is 14.1. The number of anilines is 1. The summed E-state index contributed by atoms with van der Waals surface area (Å²) in [4.78, 5) is 28.2. The van der Waals surface area contributed by atoms with E-state index in [1.54, 1.807) is 23.1 Å². The summed E-state index contributed by atoms with van der Waals surface area (Å²) >= 11 is 0. The molecule has 0 saturated carbocycles. The number of amides is 2. The third kappa shape index (κ3) is 7.45. The minimum absolute atomic E-state index is 0.00857. The Morgan fingerprint density at radius 1 is 0.814 bits per heavy atom. The highest BCUT2D eigenvalue weighted by Crippen LogP contribution is 2.34. The van der Waals surface area contributed by atoms with E-state index in [0.29, 0.717) is 35.8 Å². The van der Waals surface area contributed by atoms with Crippen molar-refractivity contribution in [3.05, 3.63) is 138 Å². The van der Waals surface area contributed by atoms with E-state index >= 15 is 0 Å². The van der Waals surface area contributed by atoms with Gasteiger partial charge in [0, 0.05) is 25.9 Å². The molecule has 5 aromatic carbocycles. The lowest BCUT2D eigenvalue weighted by atomic mass is 10.0. The molecule has 0 aliphatic rings. The largest absolute Gasteiger partial charge is 0.455 e. The second kappa shape index (κ2) is 13.9. The molecule has 0 aliphatic heterocycles. The number of nitrogens with one attached hydrogen (secondary N) is 1. The summed E-state index contributed by atoms with van der Waals surface area (Å²) in [5.74, 6) is 0.673. The molecule has 0 atom stereocenters. The minimum atomic E-state index is -0.226. The number of hydrogen-bond donors (Lipinski definition) is 2. The molecule has 0 bridgehead atoms. The van der Waals surface area contributed by atoms with E-state index in [0.717, 1.165) is 27.5 Å². The monoisotopic (exact) mass is 568 g/mol. The topological polar surface area (TPSA) is 108 Å². The molecule has 214 valence electrons. The zero-order chi connectivity index (χ0) is 30.0. The summed E-state index contributed by atoms with van der Waals surface area (Å²) in [5.41, 5.74) is 9.71. The number of fused-ring (bicyclic) bond motifs is 1. The van der Waals surface area contributed by atoms with Gasteiger partial charge < -0.3 is 20.7 Å². The number of nitrogens with zero attached hydrogens (tertiary/aromatic N) is 2. The summed E-state index contributed by atoms with van der Waals surface area (Å²) in [6.07, 6.45) is 0.0453. The fourth-order valence-corrected chi connectivity index (χ4v) is 4.89. The van der Waals surface area contributed by atoms with E-state index in [1.165, 1.54) is 0 Å². The van der Waals surface area contributed by atoms with Gasteiger partial charge in [-0.3, -0.25) is 9.59 Å². The molecule has 7 heteroatoms. The van der Waals surface area contributed by atoms with Gasteiger partial charge >= 0.3 is 0 Å². The maximum Gasteiger partial charge on any atom is 0.227 e. The zero-order valence-electron chi connectivity index (χ0n) is 23.7. The molecule has 0 unspecified atom stereocenters. The Hall–Kier alpha value is -5.45. The molecule has 3 N–H and O–H groups in total. The molecule has 0 saturated heterocycles. The van der Waals surface area contributed by atoms with E-state index in [2.05, 4.69) is 11.4 Å². The lowest BCUT2D eigenvalue weighted by Gasteiger charge is -2.25. The molecule has 5 aromatic rings. The van der Waals surface area contributed by atoms with Crippen LogP contribution >= 0.6 is 0 Å². The van der Waals surface area contributed by atoms with Crippen molar-refractivity contribution in [2.24, 2.45) is 5.73 Å². The van der Waals surface area contributed by atoms with Gasteiger partial charge in [0.2, 0.25) is 11.8 Å². The first-order chi connectivity index (χ1) is 21.0. The van der Waals surface area contributed by atoms with Gasteiger partial charge in [-0.25, -0.2) is 0 Å². The van der Waals surface area contributed by atoms with Crippen LogP contribution in [0.2, 0.25) is 0 Å². The van der Waals surface area contributed by atoms with Crippen LogP contribution in [0.3, 0.4) is 0 Å². The van der Waals surface area contributed by atoms with Gasteiger partial charge in [0.15, 0.2) is 5.75 Å². The summed E-state index contributed by atoms with van der Waals surface area (Å²) in [7, 11) is 0. The van der Waals surface area contributed by atoms with Crippen LogP contribution in [0.4, 0.5) is 5.69 Å². The lowest BCUT2D eigenvalue weighted by molar-refractivity contribution is -0.125. The van der Waals surface area contributed by atoms with Crippen molar-refractivity contribution in [2.75, 3.05) is 4.90 Å². The Bertz CT molecular complexity index is 1770. The fraction of sp³-hybridized carbons (Fsp3) is 0.139. The number of rotatable bonds is 11. The second-order valence-electron chi connectivity index (χ2n) is 10.1. The molecule has 0 heterocycles. The molecule has 0 fully saturated rings. The predicted molar refractivity (Wildman–Crippen MR) is 168 cm³/mol. The maximum absolute atomic E-state index is 13.8. The number of nitriles is 1. The van der Waals surface area contributed by atoms with Gasteiger partial charge in [-0.15, -0.1) is 0 Å². The Morgan fingerprint density at radius 2 is 1.56 bits per heavy atom. The molecule has 7 nitrogen and oxygen atoms in total. The molecule has 2 amide bonds. The fourth-order valence-electron chi connectivity index (χ4n) is 4.89. The number of para-hydroxylation sites is 2. The Morgan fingerprint density at radius 3 is 2.37 bits per heavy atom. The van der Waals surface area contributed by atoms with Crippen molar-refractivity contribution < 1.29 is 14.3 Å². The third-order valence-electron chi connectivity index (χ3n) is 7.16. The van der Waals surface area contributed by atoms with E-state index in [1.807, 2.05) is 97.1 Å². The van der Waals surface area contributed by atoms with Crippen LogP contribution in [0.15, 0.2) is 115 Å². The summed E-state index contributed by atoms with van der Waals surface area (Å²) in [6, 6.07) is 38.1. The molecule has 0 radical (unpaired) electrons. The van der Waals surface area contributed by atoms with Crippen molar-refractivity contribution in [3.63, 3.8) is 0 Å². The van der Waals surface area contributed by atoms with E-state index in [9.17, 15) is 14.9 Å². The standard InChI is InChI=1S/C36H32N4O3/c37-22-26-15-17-27(18-16-26)25-40(33-13-3-4-14-34(33)43-31-11-5-7-28(21-31)23-38)36(42)20-19-35(41)39-24-30-10-6-9-29-8-1-2-12-32(29)30/h1-18,21H,19-20,23-25,38H2,(H,39,41). The molecular formula is C36H32N4O3. The van der Waals surface area contributed by atoms with Crippen molar-refractivity contribution in [1.29, 1.82) is 5.26 Å². The first-order valence-electron chi connectivity index (χ1n) is 14.1. The average molecular weight is 569 g/mol. The smallest absolute Gasteiger partial charge is 0.227 e. The maximum atomic E-state index is 13.8. The van der Waals surface area contributed by atoms with Crippen LogP contribution in [0.25, 0.3) is 10.8 Å². The highest BCUT2D eigenvalue weighted by atomic mass is 16.5. The molecule has 5 rings (SSSR count). The van der Waals surface area contributed by atoms with Crippen molar-refractivity contribution >= 4 is 28.3 Å².